The van der Waals surface area contributed by atoms with Gasteiger partial charge in [-0.25, -0.2) is 12.7 Å². The molecule has 1 aliphatic rings. The monoisotopic (exact) mass is 198 g/mol. The molecule has 6 heteroatoms. The molecular formula is C5H9ClNO3S-. The number of sulfonamides is 1. The Morgan fingerprint density at radius 1 is 1.36 bits per heavy atom. The number of rotatable bonds is 2. The molecule has 0 aromatic rings. The third-order valence-electron chi connectivity index (χ3n) is 1.44. The fraction of sp³-hybridized carbons (Fsp3) is 0.800. The molecule has 0 aliphatic carbocycles. The standard InChI is InChI=1S/C5H9ClNO3S/c6-5-11(8,9)7-1-3-10-4-2-7/h5H,1-4H2/q-1. The van der Waals surface area contributed by atoms with Gasteiger partial charge in [0, 0.05) is 13.1 Å². The van der Waals surface area contributed by atoms with E-state index in [1.54, 1.807) is 0 Å². The summed E-state index contributed by atoms with van der Waals surface area (Å²) in [5.41, 5.74) is 0. The van der Waals surface area contributed by atoms with Crippen LogP contribution in [0.4, 0.5) is 0 Å². The maximum absolute atomic E-state index is 11.0. The lowest BCUT2D eigenvalue weighted by molar-refractivity contribution is 0.0734. The zero-order valence-corrected chi connectivity index (χ0v) is 7.44. The number of halogens is 1. The zero-order valence-electron chi connectivity index (χ0n) is 5.86. The van der Waals surface area contributed by atoms with E-state index in [2.05, 4.69) is 0 Å². The summed E-state index contributed by atoms with van der Waals surface area (Å²) in [6, 6.07) is 0. The molecular weight excluding hydrogens is 190 g/mol. The van der Waals surface area contributed by atoms with Crippen LogP contribution in [0.2, 0.25) is 0 Å². The van der Waals surface area contributed by atoms with E-state index in [0.717, 1.165) is 0 Å². The van der Waals surface area contributed by atoms with Gasteiger partial charge in [-0.15, -0.1) is 5.21 Å². The molecule has 0 aromatic heterocycles. The van der Waals surface area contributed by atoms with Crippen LogP contribution in [0.25, 0.3) is 0 Å². The van der Waals surface area contributed by atoms with Crippen LogP contribution in [-0.2, 0) is 14.8 Å². The zero-order chi connectivity index (χ0) is 8.32. The Kier molecular flexibility index (Phi) is 3.12. The fourth-order valence-corrected chi connectivity index (χ4v) is 1.97. The first-order valence-corrected chi connectivity index (χ1v) is 5.12. The third-order valence-corrected chi connectivity index (χ3v) is 3.43. The summed E-state index contributed by atoms with van der Waals surface area (Å²) < 4.78 is 28.3. The molecule has 1 heterocycles. The molecule has 1 saturated heterocycles. The van der Waals surface area contributed by atoms with Gasteiger partial charge in [-0.1, -0.05) is 0 Å². The second kappa shape index (κ2) is 3.71. The normalized spacial score (nSPS) is 21.9. The molecule has 0 amide bonds. The van der Waals surface area contributed by atoms with Crippen molar-refractivity contribution in [2.24, 2.45) is 0 Å². The van der Waals surface area contributed by atoms with Crippen molar-refractivity contribution in [1.82, 2.24) is 4.31 Å². The molecule has 4 nitrogen and oxygen atoms in total. The molecule has 0 atom stereocenters. The summed E-state index contributed by atoms with van der Waals surface area (Å²) in [7, 11) is -3.33. The summed E-state index contributed by atoms with van der Waals surface area (Å²) in [5, 5.41) is 0.693. The highest BCUT2D eigenvalue weighted by atomic mass is 35.5. The highest BCUT2D eigenvalue weighted by Gasteiger charge is 2.16. The Bertz CT molecular complexity index is 210. The van der Waals surface area contributed by atoms with Crippen LogP contribution in [0, 0.1) is 5.21 Å². The van der Waals surface area contributed by atoms with Crippen LogP contribution in [0.3, 0.4) is 0 Å². The molecule has 0 N–H and O–H groups in total. The van der Waals surface area contributed by atoms with E-state index >= 15 is 0 Å². The molecule has 0 aromatic carbocycles. The van der Waals surface area contributed by atoms with Gasteiger partial charge in [-0.2, -0.15) is 0 Å². The van der Waals surface area contributed by atoms with Crippen molar-refractivity contribution in [2.45, 2.75) is 0 Å². The minimum Gasteiger partial charge on any atom is -0.379 e. The predicted octanol–water partition coefficient (Wildman–Crippen LogP) is 0.00649. The number of hydrogen-bond donors (Lipinski definition) is 0. The molecule has 0 spiro atoms. The van der Waals surface area contributed by atoms with Gasteiger partial charge in [0.1, 0.15) is 0 Å². The molecule has 0 saturated carbocycles. The van der Waals surface area contributed by atoms with Crippen LogP contribution in [0.5, 0.6) is 0 Å². The van der Waals surface area contributed by atoms with E-state index in [0.29, 0.717) is 31.5 Å². The maximum Gasteiger partial charge on any atom is 0.0983 e. The molecule has 0 radical (unpaired) electrons. The quantitative estimate of drug-likeness (QED) is 0.588. The maximum atomic E-state index is 11.0. The van der Waals surface area contributed by atoms with E-state index in [-0.39, 0.29) is 0 Å². The van der Waals surface area contributed by atoms with Crippen molar-refractivity contribution >= 4 is 21.6 Å². The van der Waals surface area contributed by atoms with E-state index < -0.39 is 10.0 Å². The summed E-state index contributed by atoms with van der Waals surface area (Å²) in [5.74, 6) is 0. The lowest BCUT2D eigenvalue weighted by Crippen LogP contribution is -2.40. The van der Waals surface area contributed by atoms with Gasteiger partial charge in [0.2, 0.25) is 0 Å². The smallest absolute Gasteiger partial charge is 0.0983 e. The first-order valence-electron chi connectivity index (χ1n) is 3.18. The van der Waals surface area contributed by atoms with Gasteiger partial charge in [-0.05, 0) is 0 Å². The Hall–Kier alpha value is 0.160. The first-order chi connectivity index (χ1) is 5.17. The minimum absolute atomic E-state index is 0.394. The first kappa shape index (κ1) is 9.25. The SMILES string of the molecule is O=S(=O)([CH-]Cl)N1CCOCC1. The molecule has 1 rings (SSSR count). The molecule has 1 fully saturated rings. The average Bonchev–Trinajstić information content (AvgIpc) is 2.06. The van der Waals surface area contributed by atoms with E-state index in [1.165, 1.54) is 4.31 Å². The Labute approximate surface area is 71.1 Å². The second-order valence-electron chi connectivity index (χ2n) is 2.15. The summed E-state index contributed by atoms with van der Waals surface area (Å²) in [6.07, 6.45) is 0. The number of morpholine rings is 1. The number of nitrogens with zero attached hydrogens (tertiary/aromatic N) is 1. The molecule has 66 valence electrons. The Balaban J connectivity index is 2.58. The number of ether oxygens (including phenoxy) is 1. The second-order valence-corrected chi connectivity index (χ2v) is 4.40. The highest BCUT2D eigenvalue weighted by molar-refractivity contribution is 7.92. The third kappa shape index (κ3) is 2.30. The van der Waals surface area contributed by atoms with Gasteiger partial charge in [-0.3, -0.25) is 0 Å². The largest absolute Gasteiger partial charge is 0.379 e. The predicted molar refractivity (Wildman–Crippen MR) is 41.5 cm³/mol. The van der Waals surface area contributed by atoms with Crippen LogP contribution in [0.1, 0.15) is 0 Å². The van der Waals surface area contributed by atoms with Gasteiger partial charge in [0.15, 0.2) is 0 Å². The summed E-state index contributed by atoms with van der Waals surface area (Å²) >= 11 is 5.13. The van der Waals surface area contributed by atoms with E-state index in [4.69, 9.17) is 16.3 Å². The Morgan fingerprint density at radius 2 is 1.91 bits per heavy atom. The fourth-order valence-electron chi connectivity index (χ4n) is 0.857. The van der Waals surface area contributed by atoms with Gasteiger partial charge >= 0.3 is 0 Å². The lowest BCUT2D eigenvalue weighted by Gasteiger charge is -2.28. The summed E-state index contributed by atoms with van der Waals surface area (Å²) in [6.45, 7) is 1.69. The van der Waals surface area contributed by atoms with Crippen molar-refractivity contribution in [2.75, 3.05) is 26.3 Å². The van der Waals surface area contributed by atoms with E-state index in [9.17, 15) is 8.42 Å². The molecule has 1 aliphatic heterocycles. The van der Waals surface area contributed by atoms with Crippen LogP contribution < -0.4 is 0 Å². The van der Waals surface area contributed by atoms with Crippen LogP contribution in [0.15, 0.2) is 0 Å². The van der Waals surface area contributed by atoms with E-state index in [1.807, 2.05) is 0 Å². The highest BCUT2D eigenvalue weighted by Crippen LogP contribution is 2.09. The van der Waals surface area contributed by atoms with Gasteiger partial charge < -0.3 is 16.3 Å². The van der Waals surface area contributed by atoms with Crippen molar-refractivity contribution in [1.29, 1.82) is 0 Å². The van der Waals surface area contributed by atoms with Crippen molar-refractivity contribution in [3.05, 3.63) is 5.21 Å². The van der Waals surface area contributed by atoms with Crippen molar-refractivity contribution in [3.8, 4) is 0 Å². The van der Waals surface area contributed by atoms with Gasteiger partial charge in [0.25, 0.3) is 0 Å². The Morgan fingerprint density at radius 3 is 2.36 bits per heavy atom. The molecule has 0 unspecified atom stereocenters. The summed E-state index contributed by atoms with van der Waals surface area (Å²) in [4.78, 5) is 0. The van der Waals surface area contributed by atoms with Gasteiger partial charge in [0.05, 0.1) is 23.2 Å². The average molecular weight is 199 g/mol. The van der Waals surface area contributed by atoms with Crippen LogP contribution >= 0.6 is 11.6 Å². The topological polar surface area (TPSA) is 46.6 Å². The lowest BCUT2D eigenvalue weighted by atomic mass is 10.5. The van der Waals surface area contributed by atoms with Crippen molar-refractivity contribution in [3.63, 3.8) is 0 Å². The number of hydrogen-bond acceptors (Lipinski definition) is 3. The minimum atomic E-state index is -3.33. The van der Waals surface area contributed by atoms with Crippen molar-refractivity contribution < 1.29 is 13.2 Å². The van der Waals surface area contributed by atoms with Crippen LogP contribution in [-0.4, -0.2) is 39.0 Å². The molecule has 0 bridgehead atoms. The molecule has 11 heavy (non-hydrogen) atoms.